The minimum atomic E-state index is -3.79. The van der Waals surface area contributed by atoms with Crippen molar-refractivity contribution >= 4 is 45.3 Å². The summed E-state index contributed by atoms with van der Waals surface area (Å²) in [5, 5.41) is 2.62. The molecule has 0 unspecified atom stereocenters. The first-order chi connectivity index (χ1) is 21.6. The van der Waals surface area contributed by atoms with Gasteiger partial charge in [-0.05, 0) is 67.3 Å². The second-order valence-corrected chi connectivity index (χ2v) is 14.0. The molecule has 1 heterocycles. The van der Waals surface area contributed by atoms with Gasteiger partial charge in [-0.1, -0.05) is 42.5 Å². The number of hydrogen-bond donors (Lipinski definition) is 1. The summed E-state index contributed by atoms with van der Waals surface area (Å²) < 4.78 is 38.8. The van der Waals surface area contributed by atoms with E-state index in [0.717, 1.165) is 16.9 Å². The second-order valence-electron chi connectivity index (χ2n) is 10.7. The van der Waals surface area contributed by atoms with Gasteiger partial charge >= 0.3 is 5.97 Å². The predicted octanol–water partition coefficient (Wildman–Crippen LogP) is 4.22. The molecule has 3 aromatic carbocycles. The van der Waals surface area contributed by atoms with E-state index in [1.807, 2.05) is 54.6 Å². The van der Waals surface area contributed by atoms with Crippen LogP contribution in [0.3, 0.4) is 0 Å². The van der Waals surface area contributed by atoms with Crippen molar-refractivity contribution < 1.29 is 32.3 Å². The molecule has 2 atom stereocenters. The summed E-state index contributed by atoms with van der Waals surface area (Å²) >= 11 is 1.61. The molecule has 1 N–H and O–H groups in total. The minimum Gasteiger partial charge on any atom is -0.497 e. The second kappa shape index (κ2) is 15.9. The quantitative estimate of drug-likeness (QED) is 0.257. The van der Waals surface area contributed by atoms with Gasteiger partial charge in [0.15, 0.2) is 0 Å². The fourth-order valence-corrected chi connectivity index (χ4v) is 8.02. The third kappa shape index (κ3) is 9.56. The van der Waals surface area contributed by atoms with Crippen LogP contribution in [0.2, 0.25) is 0 Å². The molecule has 12 heteroatoms. The number of hydrogen-bond acceptors (Lipinski definition) is 8. The number of anilines is 1. The molecule has 0 radical (unpaired) electrons. The molecule has 0 aromatic heterocycles. The van der Waals surface area contributed by atoms with Crippen molar-refractivity contribution in [2.45, 2.75) is 36.8 Å². The van der Waals surface area contributed by atoms with Crippen LogP contribution in [-0.4, -0.2) is 86.3 Å². The zero-order valence-corrected chi connectivity index (χ0v) is 27.3. The Morgan fingerprint density at radius 3 is 2.31 bits per heavy atom. The number of carbonyl (C=O) groups excluding carboxylic acids is 3. The van der Waals surface area contributed by atoms with Gasteiger partial charge in [0.25, 0.3) is 0 Å². The number of nitrogens with one attached hydrogen (secondary N) is 1. The molecule has 0 bridgehead atoms. The summed E-state index contributed by atoms with van der Waals surface area (Å²) in [5.41, 5.74) is 2.78. The van der Waals surface area contributed by atoms with Crippen molar-refractivity contribution in [3.63, 3.8) is 0 Å². The highest BCUT2D eigenvalue weighted by molar-refractivity contribution is 7.99. The predicted molar refractivity (Wildman–Crippen MR) is 176 cm³/mol. The average molecular weight is 654 g/mol. The molecular weight excluding hydrogens is 615 g/mol. The first-order valence-electron chi connectivity index (χ1n) is 14.7. The van der Waals surface area contributed by atoms with Crippen molar-refractivity contribution in [2.75, 3.05) is 44.9 Å². The minimum absolute atomic E-state index is 0.104. The van der Waals surface area contributed by atoms with Crippen molar-refractivity contribution in [1.29, 1.82) is 0 Å². The SMILES string of the molecule is CCOC(=O)c1ccc(NC(=O)CN(C)C(=O)[C@@H]2C[C@@H](SCc3ccc(OC)cc3)CN2S(=O)(=O)CCc2ccccc2)cc1. The number of likely N-dealkylation sites (N-methyl/N-ethyl adjacent to an activating group) is 1. The van der Waals surface area contributed by atoms with E-state index in [0.29, 0.717) is 29.8 Å². The Morgan fingerprint density at radius 2 is 1.67 bits per heavy atom. The molecule has 3 aromatic rings. The van der Waals surface area contributed by atoms with Gasteiger partial charge in [-0.25, -0.2) is 13.2 Å². The topological polar surface area (TPSA) is 122 Å². The number of carbonyl (C=O) groups is 3. The molecular formula is C33H39N3O7S2. The number of thioether (sulfide) groups is 1. The van der Waals surface area contributed by atoms with Crippen LogP contribution in [0.5, 0.6) is 5.75 Å². The van der Waals surface area contributed by atoms with Crippen LogP contribution in [0, 0.1) is 0 Å². The van der Waals surface area contributed by atoms with E-state index in [1.165, 1.54) is 16.3 Å². The highest BCUT2D eigenvalue weighted by Gasteiger charge is 2.44. The number of ether oxygens (including phenoxy) is 2. The Balaban J connectivity index is 1.42. The Morgan fingerprint density at radius 1 is 0.978 bits per heavy atom. The maximum absolute atomic E-state index is 13.7. The Kier molecular flexibility index (Phi) is 12.0. The third-order valence-electron chi connectivity index (χ3n) is 7.43. The fourth-order valence-electron chi connectivity index (χ4n) is 5.02. The molecule has 1 aliphatic rings. The van der Waals surface area contributed by atoms with E-state index in [1.54, 1.807) is 50.1 Å². The summed E-state index contributed by atoms with van der Waals surface area (Å²) in [6.45, 7) is 1.92. The van der Waals surface area contributed by atoms with Crippen LogP contribution in [0.4, 0.5) is 5.69 Å². The number of rotatable bonds is 14. The molecule has 2 amide bonds. The number of aryl methyl sites for hydroxylation is 1. The van der Waals surface area contributed by atoms with E-state index in [-0.39, 0.29) is 30.7 Å². The van der Waals surface area contributed by atoms with E-state index in [9.17, 15) is 22.8 Å². The van der Waals surface area contributed by atoms with Gasteiger partial charge < -0.3 is 19.7 Å². The molecule has 0 spiro atoms. The lowest BCUT2D eigenvalue weighted by Gasteiger charge is -2.27. The van der Waals surface area contributed by atoms with Gasteiger partial charge in [-0.15, -0.1) is 0 Å². The van der Waals surface area contributed by atoms with E-state index >= 15 is 0 Å². The average Bonchev–Trinajstić information content (AvgIpc) is 3.49. The van der Waals surface area contributed by atoms with Crippen molar-refractivity contribution in [1.82, 2.24) is 9.21 Å². The fraction of sp³-hybridized carbons (Fsp3) is 0.364. The van der Waals surface area contributed by atoms with Crippen LogP contribution in [0.1, 0.15) is 34.8 Å². The number of nitrogens with zero attached hydrogens (tertiary/aromatic N) is 2. The van der Waals surface area contributed by atoms with Gasteiger partial charge in [0.05, 0.1) is 31.6 Å². The van der Waals surface area contributed by atoms with Crippen LogP contribution >= 0.6 is 11.8 Å². The Bertz CT molecular complexity index is 1550. The molecule has 10 nitrogen and oxygen atoms in total. The zero-order chi connectivity index (χ0) is 32.4. The van der Waals surface area contributed by atoms with Gasteiger partial charge in [-0.2, -0.15) is 16.1 Å². The highest BCUT2D eigenvalue weighted by Crippen LogP contribution is 2.33. The van der Waals surface area contributed by atoms with E-state index < -0.39 is 33.8 Å². The van der Waals surface area contributed by atoms with Gasteiger partial charge in [-0.3, -0.25) is 9.59 Å². The summed E-state index contributed by atoms with van der Waals surface area (Å²) in [4.78, 5) is 39.7. The van der Waals surface area contributed by atoms with Crippen LogP contribution < -0.4 is 10.1 Å². The summed E-state index contributed by atoms with van der Waals surface area (Å²) in [6, 6.07) is 22.4. The number of benzene rings is 3. The molecule has 45 heavy (non-hydrogen) atoms. The van der Waals surface area contributed by atoms with Crippen molar-refractivity contribution in [3.8, 4) is 5.75 Å². The normalized spacial score (nSPS) is 16.6. The first-order valence-corrected chi connectivity index (χ1v) is 17.4. The van der Waals surface area contributed by atoms with Crippen molar-refractivity contribution in [3.05, 3.63) is 95.6 Å². The lowest BCUT2D eigenvalue weighted by molar-refractivity contribution is -0.136. The maximum Gasteiger partial charge on any atom is 0.338 e. The number of methoxy groups -OCH3 is 1. The highest BCUT2D eigenvalue weighted by atomic mass is 32.2. The van der Waals surface area contributed by atoms with E-state index in [2.05, 4.69) is 5.32 Å². The van der Waals surface area contributed by atoms with Crippen molar-refractivity contribution in [2.24, 2.45) is 0 Å². The van der Waals surface area contributed by atoms with Crippen LogP contribution in [0.15, 0.2) is 78.9 Å². The van der Waals surface area contributed by atoms with Crippen LogP contribution in [0.25, 0.3) is 0 Å². The number of esters is 1. The van der Waals surface area contributed by atoms with Gasteiger partial charge in [0.2, 0.25) is 21.8 Å². The zero-order valence-electron chi connectivity index (χ0n) is 25.7. The maximum atomic E-state index is 13.7. The first kappa shape index (κ1) is 34.0. The Labute approximate surface area is 269 Å². The summed E-state index contributed by atoms with van der Waals surface area (Å²) in [7, 11) is -0.678. The standard InChI is InChI=1S/C33H39N3O7S2/c1-4-43-33(39)26-12-14-27(15-13-26)34-31(37)22-35(2)32(38)30-20-29(44-23-25-10-16-28(42-3)17-11-25)21-36(30)45(40,41)19-18-24-8-6-5-7-9-24/h5-17,29-30H,4,18-23H2,1-3H3,(H,34,37)/t29-,30+/m1/s1. The largest absolute Gasteiger partial charge is 0.497 e. The third-order valence-corrected chi connectivity index (χ3v) is 10.6. The number of amides is 2. The Hall–Kier alpha value is -3.87. The molecule has 1 aliphatic heterocycles. The summed E-state index contributed by atoms with van der Waals surface area (Å²) in [5.74, 6) is -0.0494. The molecule has 4 rings (SSSR count). The lowest BCUT2D eigenvalue weighted by Crippen LogP contribution is -2.48. The monoisotopic (exact) mass is 653 g/mol. The molecule has 240 valence electrons. The van der Waals surface area contributed by atoms with Gasteiger partial charge in [0, 0.05) is 30.3 Å². The summed E-state index contributed by atoms with van der Waals surface area (Å²) in [6.07, 6.45) is 0.670. The molecule has 1 fully saturated rings. The molecule has 0 aliphatic carbocycles. The molecule has 1 saturated heterocycles. The van der Waals surface area contributed by atoms with E-state index in [4.69, 9.17) is 9.47 Å². The lowest BCUT2D eigenvalue weighted by atomic mass is 10.2. The molecule has 0 saturated carbocycles. The van der Waals surface area contributed by atoms with Crippen LogP contribution in [-0.2, 0) is 36.5 Å². The number of sulfonamides is 1. The smallest absolute Gasteiger partial charge is 0.338 e. The van der Waals surface area contributed by atoms with Gasteiger partial charge in [0.1, 0.15) is 11.8 Å².